The molecule has 7 nitrogen and oxygen atoms in total. The Hall–Kier alpha value is -2.04. The molecule has 2 aromatic heterocycles. The molecule has 0 aliphatic carbocycles. The Labute approximate surface area is 143 Å². The molecule has 1 N–H and O–H groups in total. The molecule has 3 rings (SSSR count). The van der Waals surface area contributed by atoms with Crippen LogP contribution in [0.15, 0.2) is 28.6 Å². The molecule has 2 heterocycles. The van der Waals surface area contributed by atoms with E-state index in [0.717, 1.165) is 10.2 Å². The number of carbonyl (C=O) groups excluding carboxylic acids is 2. The van der Waals surface area contributed by atoms with Crippen molar-refractivity contribution in [3.63, 3.8) is 0 Å². The van der Waals surface area contributed by atoms with Crippen LogP contribution in [0, 0.1) is 0 Å². The van der Waals surface area contributed by atoms with Crippen LogP contribution in [0.4, 0.5) is 5.13 Å². The minimum atomic E-state index is -0.342. The topological polar surface area (TPSA) is 94.1 Å². The van der Waals surface area contributed by atoms with Gasteiger partial charge in [-0.3, -0.25) is 14.9 Å². The second-order valence-corrected chi connectivity index (χ2v) is 7.41. The summed E-state index contributed by atoms with van der Waals surface area (Å²) in [6.45, 7) is 0. The molecule has 0 saturated carbocycles. The predicted octanol–water partition coefficient (Wildman–Crippen LogP) is 2.67. The maximum atomic E-state index is 12.2. The minimum absolute atomic E-state index is 0.150. The molecule has 0 unspecified atom stereocenters. The first kappa shape index (κ1) is 15.8. The van der Waals surface area contributed by atoms with Crippen LogP contribution in [0.3, 0.4) is 0 Å². The third-order valence-corrected chi connectivity index (χ3v) is 5.64. The molecule has 0 bridgehead atoms. The summed E-state index contributed by atoms with van der Waals surface area (Å²) in [5.74, 6) is -0.520. The smallest absolute Gasteiger partial charge is 0.316 e. The van der Waals surface area contributed by atoms with Crippen LogP contribution in [0.25, 0.3) is 10.2 Å². The highest BCUT2D eigenvalue weighted by atomic mass is 32.2. The van der Waals surface area contributed by atoms with Crippen LogP contribution >= 0.6 is 34.4 Å². The number of hydrogen-bond acceptors (Lipinski definition) is 9. The number of anilines is 1. The van der Waals surface area contributed by atoms with Gasteiger partial charge in [0.2, 0.25) is 5.13 Å². The Balaban J connectivity index is 1.65. The number of benzene rings is 1. The highest BCUT2D eigenvalue weighted by Gasteiger charge is 2.15. The molecule has 23 heavy (non-hydrogen) atoms. The molecule has 3 aromatic rings. The van der Waals surface area contributed by atoms with Gasteiger partial charge in [0, 0.05) is 0 Å². The molecule has 1 amide bonds. The highest BCUT2D eigenvalue weighted by molar-refractivity contribution is 8.01. The first-order valence-corrected chi connectivity index (χ1v) is 8.97. The Kier molecular flexibility index (Phi) is 4.84. The lowest BCUT2D eigenvalue weighted by Crippen LogP contribution is -2.11. The summed E-state index contributed by atoms with van der Waals surface area (Å²) >= 11 is 3.72. The number of nitrogens with zero attached hydrogens (tertiary/aromatic N) is 3. The van der Waals surface area contributed by atoms with E-state index in [9.17, 15) is 9.59 Å². The molecule has 1 aromatic carbocycles. The number of thioether (sulfide) groups is 1. The molecular weight excluding hydrogens is 356 g/mol. The van der Waals surface area contributed by atoms with Gasteiger partial charge in [0.15, 0.2) is 9.35 Å². The van der Waals surface area contributed by atoms with Crippen LogP contribution < -0.4 is 5.32 Å². The maximum Gasteiger partial charge on any atom is 0.316 e. The van der Waals surface area contributed by atoms with Gasteiger partial charge in [-0.05, 0) is 12.1 Å². The molecule has 0 spiro atoms. The van der Waals surface area contributed by atoms with Crippen LogP contribution in [-0.2, 0) is 9.53 Å². The zero-order valence-corrected chi connectivity index (χ0v) is 14.3. The summed E-state index contributed by atoms with van der Waals surface area (Å²) in [7, 11) is 1.33. The summed E-state index contributed by atoms with van der Waals surface area (Å²) in [5.41, 5.74) is 0.786. The molecule has 0 aliphatic rings. The van der Waals surface area contributed by atoms with Gasteiger partial charge in [-0.1, -0.05) is 35.2 Å². The van der Waals surface area contributed by atoms with Gasteiger partial charge < -0.3 is 4.74 Å². The van der Waals surface area contributed by atoms with Crippen molar-refractivity contribution in [2.24, 2.45) is 0 Å². The first-order chi connectivity index (χ1) is 11.2. The third kappa shape index (κ3) is 3.84. The van der Waals surface area contributed by atoms with E-state index in [0.29, 0.717) is 14.5 Å². The number of nitrogens with one attached hydrogen (secondary N) is 1. The number of rotatable bonds is 5. The van der Waals surface area contributed by atoms with Gasteiger partial charge in [0.05, 0.1) is 23.1 Å². The van der Waals surface area contributed by atoms with Crippen molar-refractivity contribution >= 4 is 61.7 Å². The van der Waals surface area contributed by atoms with E-state index in [1.807, 2.05) is 24.3 Å². The van der Waals surface area contributed by atoms with Gasteiger partial charge in [-0.25, -0.2) is 4.98 Å². The van der Waals surface area contributed by atoms with Crippen LogP contribution in [-0.4, -0.2) is 39.9 Å². The van der Waals surface area contributed by atoms with Gasteiger partial charge in [-0.15, -0.1) is 21.5 Å². The number of thiazole rings is 1. The lowest BCUT2D eigenvalue weighted by Gasteiger charge is -1.96. The molecule has 0 radical (unpaired) electrons. The molecule has 10 heteroatoms. The van der Waals surface area contributed by atoms with Crippen molar-refractivity contribution < 1.29 is 14.3 Å². The summed E-state index contributed by atoms with van der Waals surface area (Å²) in [5, 5.41) is 11.2. The van der Waals surface area contributed by atoms with Gasteiger partial charge in [0.1, 0.15) is 0 Å². The number of ether oxygens (including phenoxy) is 1. The largest absolute Gasteiger partial charge is 0.468 e. The van der Waals surface area contributed by atoms with E-state index < -0.39 is 0 Å². The lowest BCUT2D eigenvalue weighted by atomic mass is 10.3. The molecule has 0 saturated heterocycles. The van der Waals surface area contributed by atoms with Crippen molar-refractivity contribution in [3.8, 4) is 0 Å². The second kappa shape index (κ2) is 7.02. The average Bonchev–Trinajstić information content (AvgIpc) is 3.18. The van der Waals surface area contributed by atoms with Crippen molar-refractivity contribution in [2.75, 3.05) is 18.2 Å². The summed E-state index contributed by atoms with van der Waals surface area (Å²) in [6.07, 6.45) is 0. The first-order valence-electron chi connectivity index (χ1n) is 6.36. The van der Waals surface area contributed by atoms with E-state index in [4.69, 9.17) is 0 Å². The molecule has 0 atom stereocenters. The van der Waals surface area contributed by atoms with E-state index in [1.165, 1.54) is 41.5 Å². The van der Waals surface area contributed by atoms with E-state index in [-0.39, 0.29) is 17.6 Å². The monoisotopic (exact) mass is 366 g/mol. The van der Waals surface area contributed by atoms with Crippen molar-refractivity contribution in [3.05, 3.63) is 29.3 Å². The number of fused-ring (bicyclic) bond motifs is 1. The molecule has 0 aliphatic heterocycles. The predicted molar refractivity (Wildman–Crippen MR) is 90.2 cm³/mol. The summed E-state index contributed by atoms with van der Waals surface area (Å²) < 4.78 is 6.08. The number of carbonyl (C=O) groups is 2. The minimum Gasteiger partial charge on any atom is -0.468 e. The number of methoxy groups -OCH3 is 1. The van der Waals surface area contributed by atoms with Crippen molar-refractivity contribution in [1.29, 1.82) is 0 Å². The van der Waals surface area contributed by atoms with Crippen molar-refractivity contribution in [1.82, 2.24) is 15.2 Å². The SMILES string of the molecule is COC(=O)CSc1nnc(NC(=O)c2nc3ccccc3s2)s1. The fraction of sp³-hybridized carbons (Fsp3) is 0.154. The Morgan fingerprint density at radius 1 is 1.26 bits per heavy atom. The van der Waals surface area contributed by atoms with Crippen LogP contribution in [0.5, 0.6) is 0 Å². The Bertz CT molecular complexity index is 828. The highest BCUT2D eigenvalue weighted by Crippen LogP contribution is 2.27. The Morgan fingerprint density at radius 2 is 2.09 bits per heavy atom. The quantitative estimate of drug-likeness (QED) is 0.421. The van der Waals surface area contributed by atoms with E-state index in [2.05, 4.69) is 25.2 Å². The number of amides is 1. The fourth-order valence-corrected chi connectivity index (χ4v) is 4.06. The number of para-hydroxylation sites is 1. The normalized spacial score (nSPS) is 10.7. The number of aromatic nitrogens is 3. The zero-order valence-electron chi connectivity index (χ0n) is 11.8. The number of esters is 1. The maximum absolute atomic E-state index is 12.2. The Morgan fingerprint density at radius 3 is 2.87 bits per heavy atom. The van der Waals surface area contributed by atoms with Crippen LogP contribution in [0.2, 0.25) is 0 Å². The molecular formula is C13H10N4O3S3. The molecule has 0 fully saturated rings. The molecule has 118 valence electrons. The van der Waals surface area contributed by atoms with E-state index >= 15 is 0 Å². The van der Waals surface area contributed by atoms with Gasteiger partial charge in [0.25, 0.3) is 5.91 Å². The van der Waals surface area contributed by atoms with Gasteiger partial charge in [-0.2, -0.15) is 0 Å². The summed E-state index contributed by atoms with van der Waals surface area (Å²) in [6, 6.07) is 7.54. The average molecular weight is 366 g/mol. The fourth-order valence-electron chi connectivity index (χ4n) is 1.62. The summed E-state index contributed by atoms with van der Waals surface area (Å²) in [4.78, 5) is 27.6. The third-order valence-electron chi connectivity index (χ3n) is 2.66. The second-order valence-electron chi connectivity index (χ2n) is 4.18. The zero-order chi connectivity index (χ0) is 16.2. The van der Waals surface area contributed by atoms with E-state index in [1.54, 1.807) is 0 Å². The van der Waals surface area contributed by atoms with Crippen molar-refractivity contribution in [2.45, 2.75) is 4.34 Å². The lowest BCUT2D eigenvalue weighted by molar-refractivity contribution is -0.137. The number of hydrogen-bond donors (Lipinski definition) is 1. The standard InChI is InChI=1S/C13H10N4O3S3/c1-20-9(18)6-21-13-17-16-12(23-13)15-10(19)11-14-7-4-2-3-5-8(7)22-11/h2-5H,6H2,1H3,(H,15,16,19). The van der Waals surface area contributed by atoms with Crippen LogP contribution in [0.1, 0.15) is 9.80 Å². The van der Waals surface area contributed by atoms with Gasteiger partial charge >= 0.3 is 5.97 Å².